The van der Waals surface area contributed by atoms with E-state index >= 15 is 0 Å². The Balaban J connectivity index is 2.07. The Labute approximate surface area is 177 Å². The molecular weight excluding hydrogens is 414 g/mol. The number of nitrogens with one attached hydrogen (secondary N) is 1. The van der Waals surface area contributed by atoms with E-state index in [2.05, 4.69) is 10.3 Å². The van der Waals surface area contributed by atoms with Gasteiger partial charge in [-0.25, -0.2) is 9.78 Å². The summed E-state index contributed by atoms with van der Waals surface area (Å²) in [6, 6.07) is 2.01. The molecule has 0 radical (unpaired) electrons. The molecule has 1 amide bonds. The van der Waals surface area contributed by atoms with Gasteiger partial charge in [-0.05, 0) is 17.0 Å². The zero-order valence-corrected chi connectivity index (χ0v) is 17.5. The molecule has 0 saturated heterocycles. The molecule has 0 bridgehead atoms. The van der Waals surface area contributed by atoms with Crippen molar-refractivity contribution in [2.24, 2.45) is 5.41 Å². The number of fused-ring (bicyclic) bond motifs is 1. The molecule has 10 heteroatoms. The molecule has 2 aromatic heterocycles. The summed E-state index contributed by atoms with van der Waals surface area (Å²) < 4.78 is 6.70. The van der Waals surface area contributed by atoms with Crippen molar-refractivity contribution in [2.45, 2.75) is 46.6 Å². The summed E-state index contributed by atoms with van der Waals surface area (Å²) in [5.74, 6) is -2.70. The molecule has 9 nitrogen and oxygen atoms in total. The van der Waals surface area contributed by atoms with Crippen LogP contribution in [0.2, 0.25) is 5.15 Å². The third kappa shape index (κ3) is 4.17. The molecule has 3 rings (SSSR count). The number of pyridine rings is 2. The monoisotopic (exact) mass is 435 g/mol. The number of nitrogens with zero attached hydrogens (tertiary/aromatic N) is 2. The highest BCUT2D eigenvalue weighted by Crippen LogP contribution is 2.30. The maximum absolute atomic E-state index is 13.2. The highest BCUT2D eigenvalue weighted by atomic mass is 35.5. The van der Waals surface area contributed by atoms with Crippen molar-refractivity contribution >= 4 is 23.5 Å². The molecule has 30 heavy (non-hydrogen) atoms. The summed E-state index contributed by atoms with van der Waals surface area (Å²) in [4.78, 5) is 41.6. The molecule has 0 spiro atoms. The summed E-state index contributed by atoms with van der Waals surface area (Å²) in [5, 5.41) is 22.7. The molecule has 1 aliphatic heterocycles. The number of carbonyl (C=O) groups excluding carboxylic acids is 1. The maximum Gasteiger partial charge on any atom is 0.326 e. The van der Waals surface area contributed by atoms with Gasteiger partial charge in [0.1, 0.15) is 22.5 Å². The zero-order valence-electron chi connectivity index (χ0n) is 16.7. The standard InChI is InChI=1S/C20H22ClN3O6/c1-20(2,3)16(19(28)29)23-17(26)14-15(25)11-8-30-9-12(11)24(18(14)27)7-10-4-5-13(21)22-6-10/h4-6,16,25H,7-9H2,1-3H3,(H,23,26)(H,28,29). The fourth-order valence-electron chi connectivity index (χ4n) is 3.28. The number of hydrogen-bond acceptors (Lipinski definition) is 6. The molecule has 3 heterocycles. The zero-order chi connectivity index (χ0) is 22.2. The highest BCUT2D eigenvalue weighted by Gasteiger charge is 2.35. The molecule has 1 aliphatic rings. The lowest BCUT2D eigenvalue weighted by atomic mass is 9.86. The first-order chi connectivity index (χ1) is 14.0. The number of carboxylic acid groups (broad SMARTS) is 1. The molecule has 0 saturated carbocycles. The number of ether oxygens (including phenoxy) is 1. The Hall–Kier alpha value is -2.91. The number of carboxylic acids is 1. The molecule has 0 fully saturated rings. The number of aromatic nitrogens is 2. The maximum atomic E-state index is 13.2. The van der Waals surface area contributed by atoms with Crippen LogP contribution in [0.1, 0.15) is 48.0 Å². The molecule has 1 atom stereocenters. The first kappa shape index (κ1) is 21.8. The predicted octanol–water partition coefficient (Wildman–Crippen LogP) is 1.91. The topological polar surface area (TPSA) is 131 Å². The van der Waals surface area contributed by atoms with Crippen molar-refractivity contribution in [2.75, 3.05) is 0 Å². The summed E-state index contributed by atoms with van der Waals surface area (Å²) >= 11 is 5.80. The molecular formula is C20H22ClN3O6. The summed E-state index contributed by atoms with van der Waals surface area (Å²) in [5.41, 5.74) is -0.645. The van der Waals surface area contributed by atoms with Gasteiger partial charge >= 0.3 is 5.97 Å². The van der Waals surface area contributed by atoms with Gasteiger partial charge in [-0.2, -0.15) is 0 Å². The summed E-state index contributed by atoms with van der Waals surface area (Å²) in [7, 11) is 0. The lowest BCUT2D eigenvalue weighted by Gasteiger charge is -2.28. The molecule has 160 valence electrons. The first-order valence-corrected chi connectivity index (χ1v) is 9.58. The number of hydrogen-bond donors (Lipinski definition) is 3. The van der Waals surface area contributed by atoms with Gasteiger partial charge < -0.3 is 24.8 Å². The normalized spacial score (nSPS) is 14.3. The molecule has 2 aromatic rings. The number of carbonyl (C=O) groups is 2. The van der Waals surface area contributed by atoms with Crippen LogP contribution >= 0.6 is 11.6 Å². The van der Waals surface area contributed by atoms with E-state index in [1.54, 1.807) is 32.9 Å². The number of aromatic hydroxyl groups is 1. The van der Waals surface area contributed by atoms with Crippen molar-refractivity contribution in [1.82, 2.24) is 14.9 Å². The average molecular weight is 436 g/mol. The van der Waals surface area contributed by atoms with Gasteiger partial charge in [0.05, 0.1) is 25.5 Å². The molecule has 1 unspecified atom stereocenters. The Bertz CT molecular complexity index is 1060. The van der Waals surface area contributed by atoms with E-state index < -0.39 is 40.2 Å². The van der Waals surface area contributed by atoms with Crippen LogP contribution in [-0.4, -0.2) is 37.7 Å². The fourth-order valence-corrected chi connectivity index (χ4v) is 3.39. The van der Waals surface area contributed by atoms with Crippen LogP contribution in [0.3, 0.4) is 0 Å². The van der Waals surface area contributed by atoms with E-state index in [0.717, 1.165) is 0 Å². The number of aliphatic carboxylic acids is 1. The minimum atomic E-state index is -1.26. The smallest absolute Gasteiger partial charge is 0.326 e. The van der Waals surface area contributed by atoms with Crippen molar-refractivity contribution in [1.29, 1.82) is 0 Å². The van der Waals surface area contributed by atoms with E-state index in [0.29, 0.717) is 22.0 Å². The van der Waals surface area contributed by atoms with Crippen LogP contribution in [0.15, 0.2) is 23.1 Å². The highest BCUT2D eigenvalue weighted by molar-refractivity contribution is 6.29. The Morgan fingerprint density at radius 1 is 1.33 bits per heavy atom. The van der Waals surface area contributed by atoms with Gasteiger partial charge in [0.25, 0.3) is 11.5 Å². The van der Waals surface area contributed by atoms with E-state index in [4.69, 9.17) is 16.3 Å². The SMILES string of the molecule is CC(C)(C)C(NC(=O)c1c(O)c2c(n(Cc3ccc(Cl)nc3)c1=O)COC2)C(=O)O. The molecule has 0 aromatic carbocycles. The lowest BCUT2D eigenvalue weighted by molar-refractivity contribution is -0.142. The van der Waals surface area contributed by atoms with Crippen molar-refractivity contribution in [3.8, 4) is 5.75 Å². The number of halogens is 1. The predicted molar refractivity (Wildman–Crippen MR) is 108 cm³/mol. The third-order valence-corrected chi connectivity index (χ3v) is 5.11. The Kier molecular flexibility index (Phi) is 5.87. The van der Waals surface area contributed by atoms with E-state index in [-0.39, 0.29) is 19.8 Å². The second kappa shape index (κ2) is 8.08. The Morgan fingerprint density at radius 2 is 2.03 bits per heavy atom. The van der Waals surface area contributed by atoms with E-state index in [9.17, 15) is 24.6 Å². The van der Waals surface area contributed by atoms with Crippen molar-refractivity contribution in [3.63, 3.8) is 0 Å². The fraction of sp³-hybridized carbons (Fsp3) is 0.400. The average Bonchev–Trinajstić information content (AvgIpc) is 3.13. The van der Waals surface area contributed by atoms with E-state index in [1.165, 1.54) is 10.8 Å². The van der Waals surface area contributed by atoms with Crippen LogP contribution in [0.25, 0.3) is 0 Å². The minimum Gasteiger partial charge on any atom is -0.506 e. The van der Waals surface area contributed by atoms with Crippen molar-refractivity contribution in [3.05, 3.63) is 56.2 Å². The third-order valence-electron chi connectivity index (χ3n) is 4.89. The molecule has 0 aliphatic carbocycles. The minimum absolute atomic E-state index is 0.0300. The number of amides is 1. The van der Waals surface area contributed by atoms with Crippen molar-refractivity contribution < 1.29 is 24.5 Å². The van der Waals surface area contributed by atoms with E-state index in [1.807, 2.05) is 0 Å². The van der Waals surface area contributed by atoms with Gasteiger partial charge in [0.2, 0.25) is 0 Å². The summed E-state index contributed by atoms with van der Waals surface area (Å²) in [6.45, 7) is 5.15. The van der Waals surface area contributed by atoms with Crippen LogP contribution in [0.4, 0.5) is 0 Å². The summed E-state index contributed by atoms with van der Waals surface area (Å²) in [6.07, 6.45) is 1.50. The van der Waals surface area contributed by atoms with Gasteiger partial charge in [0.15, 0.2) is 0 Å². The van der Waals surface area contributed by atoms with Gasteiger partial charge in [-0.15, -0.1) is 0 Å². The second-order valence-corrected chi connectivity index (χ2v) is 8.52. The largest absolute Gasteiger partial charge is 0.506 e. The van der Waals surface area contributed by atoms with Gasteiger partial charge in [0, 0.05) is 11.8 Å². The first-order valence-electron chi connectivity index (χ1n) is 9.20. The molecule has 3 N–H and O–H groups in total. The quantitative estimate of drug-likeness (QED) is 0.611. The second-order valence-electron chi connectivity index (χ2n) is 8.13. The number of rotatable bonds is 5. The van der Waals surface area contributed by atoms with Crippen LogP contribution in [0, 0.1) is 5.41 Å². The van der Waals surface area contributed by atoms with Gasteiger partial charge in [-0.3, -0.25) is 9.59 Å². The van der Waals surface area contributed by atoms with Crippen LogP contribution in [0.5, 0.6) is 5.75 Å². The van der Waals surface area contributed by atoms with Gasteiger partial charge in [-0.1, -0.05) is 38.4 Å². The lowest BCUT2D eigenvalue weighted by Crippen LogP contribution is -2.50. The van der Waals surface area contributed by atoms with Crippen LogP contribution in [-0.2, 0) is 29.3 Å². The van der Waals surface area contributed by atoms with Crippen LogP contribution < -0.4 is 10.9 Å². The Morgan fingerprint density at radius 3 is 2.60 bits per heavy atom.